The number of halogens is 2. The van der Waals surface area contributed by atoms with E-state index in [0.717, 1.165) is 11.4 Å². The molecule has 7 heteroatoms. The van der Waals surface area contributed by atoms with E-state index in [0.29, 0.717) is 29.3 Å². The van der Waals surface area contributed by atoms with E-state index in [1.54, 1.807) is 48.5 Å². The van der Waals surface area contributed by atoms with E-state index in [1.807, 2.05) is 0 Å². The van der Waals surface area contributed by atoms with Gasteiger partial charge in [0.15, 0.2) is 0 Å². The van der Waals surface area contributed by atoms with E-state index < -0.39 is 5.91 Å². The van der Waals surface area contributed by atoms with Crippen LogP contribution in [0.15, 0.2) is 48.5 Å². The lowest BCUT2D eigenvalue weighted by Crippen LogP contribution is -2.50. The van der Waals surface area contributed by atoms with Crippen molar-refractivity contribution in [2.75, 3.05) is 0 Å². The first-order valence-corrected chi connectivity index (χ1v) is 10.8. The van der Waals surface area contributed by atoms with Crippen molar-refractivity contribution >= 4 is 40.9 Å². The van der Waals surface area contributed by atoms with Crippen LogP contribution in [0.2, 0.25) is 10.0 Å². The van der Waals surface area contributed by atoms with Crippen LogP contribution in [0.1, 0.15) is 42.1 Å². The zero-order valence-electron chi connectivity index (χ0n) is 16.6. The molecule has 2 aliphatic rings. The second-order valence-corrected chi connectivity index (χ2v) is 8.87. The molecule has 1 saturated heterocycles. The molecule has 3 amide bonds. The van der Waals surface area contributed by atoms with E-state index in [2.05, 4.69) is 6.92 Å². The quantitative estimate of drug-likeness (QED) is 0.625. The first kappa shape index (κ1) is 20.9. The molecule has 156 valence electrons. The summed E-state index contributed by atoms with van der Waals surface area (Å²) in [6.45, 7) is 2.09. The summed E-state index contributed by atoms with van der Waals surface area (Å²) in [6, 6.07) is 13.7. The highest BCUT2D eigenvalue weighted by atomic mass is 35.5. The minimum Gasteiger partial charge on any atom is -0.272 e. The van der Waals surface area contributed by atoms with Gasteiger partial charge in [-0.2, -0.15) is 5.01 Å². The van der Waals surface area contributed by atoms with E-state index in [1.165, 1.54) is 5.01 Å². The molecule has 5 nitrogen and oxygen atoms in total. The first-order chi connectivity index (χ1) is 14.4. The smallest absolute Gasteiger partial charge is 0.272 e. The minimum atomic E-state index is -0.506. The SMILES string of the molecule is C[C@@H]1CC[C@@H]2C(=O)N(N(Cc3ccccc3Cl)C(=O)c3ccccc3Cl)C(=O)[C@@H]2C1. The Labute approximate surface area is 185 Å². The number of hydrazine groups is 1. The van der Waals surface area contributed by atoms with E-state index in [-0.39, 0.29) is 40.8 Å². The monoisotopic (exact) mass is 444 g/mol. The number of carbonyl (C=O) groups excluding carboxylic acids is 3. The number of nitrogens with zero attached hydrogens (tertiary/aromatic N) is 2. The van der Waals surface area contributed by atoms with Gasteiger partial charge in [0.2, 0.25) is 0 Å². The van der Waals surface area contributed by atoms with Crippen molar-refractivity contribution in [2.45, 2.75) is 32.7 Å². The highest BCUT2D eigenvalue weighted by Crippen LogP contribution is 2.41. The summed E-state index contributed by atoms with van der Waals surface area (Å²) in [4.78, 5) is 40.0. The maximum Gasteiger partial charge on any atom is 0.274 e. The van der Waals surface area contributed by atoms with Gasteiger partial charge >= 0.3 is 0 Å². The number of benzene rings is 2. The van der Waals surface area contributed by atoms with Crippen molar-refractivity contribution in [1.29, 1.82) is 0 Å². The van der Waals surface area contributed by atoms with Crippen molar-refractivity contribution in [3.05, 3.63) is 69.7 Å². The molecule has 3 atom stereocenters. The Morgan fingerprint density at radius 2 is 1.60 bits per heavy atom. The molecular formula is C23H22Cl2N2O3. The van der Waals surface area contributed by atoms with E-state index >= 15 is 0 Å². The van der Waals surface area contributed by atoms with Crippen LogP contribution >= 0.6 is 23.2 Å². The molecule has 4 rings (SSSR count). The summed E-state index contributed by atoms with van der Waals surface area (Å²) in [6.07, 6.45) is 2.22. The molecule has 0 spiro atoms. The fourth-order valence-electron chi connectivity index (χ4n) is 4.41. The molecule has 30 heavy (non-hydrogen) atoms. The lowest BCUT2D eigenvalue weighted by atomic mass is 9.76. The van der Waals surface area contributed by atoms with Crippen LogP contribution in [-0.4, -0.2) is 27.7 Å². The van der Waals surface area contributed by atoms with Crippen molar-refractivity contribution < 1.29 is 14.4 Å². The van der Waals surface area contributed by atoms with Crippen LogP contribution in [0.25, 0.3) is 0 Å². The molecule has 2 aromatic rings. The third-order valence-corrected chi connectivity index (χ3v) is 6.72. The van der Waals surface area contributed by atoms with Crippen LogP contribution in [0.5, 0.6) is 0 Å². The number of fused-ring (bicyclic) bond motifs is 1. The molecule has 0 aromatic heterocycles. The normalized spacial score (nSPS) is 23.4. The van der Waals surface area contributed by atoms with Gasteiger partial charge in [0, 0.05) is 5.02 Å². The van der Waals surface area contributed by atoms with Gasteiger partial charge in [0.1, 0.15) is 0 Å². The average Bonchev–Trinajstić information content (AvgIpc) is 2.97. The van der Waals surface area contributed by atoms with Crippen LogP contribution in [-0.2, 0) is 16.1 Å². The van der Waals surface area contributed by atoms with Crippen LogP contribution in [0.3, 0.4) is 0 Å². The van der Waals surface area contributed by atoms with Crippen LogP contribution in [0, 0.1) is 17.8 Å². The van der Waals surface area contributed by atoms with Crippen molar-refractivity contribution in [3.8, 4) is 0 Å². The van der Waals surface area contributed by atoms with Crippen LogP contribution in [0.4, 0.5) is 0 Å². The number of rotatable bonds is 4. The average molecular weight is 445 g/mol. The van der Waals surface area contributed by atoms with Crippen molar-refractivity contribution in [1.82, 2.24) is 10.0 Å². The Hall–Kier alpha value is -2.37. The molecule has 0 N–H and O–H groups in total. The summed E-state index contributed by atoms with van der Waals surface area (Å²) >= 11 is 12.6. The minimum absolute atomic E-state index is 0.00377. The van der Waals surface area contributed by atoms with Crippen LogP contribution < -0.4 is 0 Å². The van der Waals surface area contributed by atoms with Gasteiger partial charge in [0.05, 0.1) is 29.0 Å². The number of carbonyl (C=O) groups is 3. The Kier molecular flexibility index (Phi) is 5.85. The summed E-state index contributed by atoms with van der Waals surface area (Å²) in [5.74, 6) is -1.52. The fraction of sp³-hybridized carbons (Fsp3) is 0.348. The predicted octanol–water partition coefficient (Wildman–Crippen LogP) is 4.97. The molecule has 0 unspecified atom stereocenters. The molecule has 2 aromatic carbocycles. The lowest BCUT2D eigenvalue weighted by Gasteiger charge is -2.31. The van der Waals surface area contributed by atoms with Crippen molar-refractivity contribution in [3.63, 3.8) is 0 Å². The van der Waals surface area contributed by atoms with Gasteiger partial charge in [-0.25, -0.2) is 5.01 Å². The second-order valence-electron chi connectivity index (χ2n) is 8.05. The molecule has 1 heterocycles. The number of hydrogen-bond acceptors (Lipinski definition) is 3. The summed E-state index contributed by atoms with van der Waals surface area (Å²) < 4.78 is 0. The molecule has 1 aliphatic heterocycles. The summed E-state index contributed by atoms with van der Waals surface area (Å²) in [5, 5.41) is 2.97. The Morgan fingerprint density at radius 1 is 0.967 bits per heavy atom. The van der Waals surface area contributed by atoms with E-state index in [4.69, 9.17) is 23.2 Å². The van der Waals surface area contributed by atoms with Gasteiger partial charge in [-0.3, -0.25) is 14.4 Å². The third kappa shape index (κ3) is 3.72. The molecule has 2 fully saturated rings. The second kappa shape index (κ2) is 8.40. The van der Waals surface area contributed by atoms with Crippen molar-refractivity contribution in [2.24, 2.45) is 17.8 Å². The molecule has 0 radical (unpaired) electrons. The highest BCUT2D eigenvalue weighted by molar-refractivity contribution is 6.34. The number of hydrogen-bond donors (Lipinski definition) is 0. The number of amides is 3. The fourth-order valence-corrected chi connectivity index (χ4v) is 4.82. The van der Waals surface area contributed by atoms with Gasteiger partial charge in [-0.05, 0) is 48.9 Å². The Morgan fingerprint density at radius 3 is 2.30 bits per heavy atom. The standard InChI is InChI=1S/C23H22Cl2N2O3/c1-14-10-11-16-18(12-14)23(30)27(22(16)29)26(13-15-6-2-4-8-19(15)24)21(28)17-7-3-5-9-20(17)25/h2-9,14,16,18H,10-13H2,1H3/t14-,16+,18-/m1/s1. The summed E-state index contributed by atoms with van der Waals surface area (Å²) in [5.41, 5.74) is 0.874. The largest absolute Gasteiger partial charge is 0.274 e. The third-order valence-electron chi connectivity index (χ3n) is 6.02. The Balaban J connectivity index is 1.74. The van der Waals surface area contributed by atoms with Gasteiger partial charge in [0.25, 0.3) is 17.7 Å². The van der Waals surface area contributed by atoms with Gasteiger partial charge in [-0.1, -0.05) is 60.5 Å². The zero-order chi connectivity index (χ0) is 21.4. The van der Waals surface area contributed by atoms with Gasteiger partial charge < -0.3 is 0 Å². The first-order valence-electron chi connectivity index (χ1n) is 10.1. The zero-order valence-corrected chi connectivity index (χ0v) is 18.1. The maximum atomic E-state index is 13.5. The molecule has 0 bridgehead atoms. The Bertz CT molecular complexity index is 1010. The maximum absolute atomic E-state index is 13.5. The number of imide groups is 1. The molecule has 1 saturated carbocycles. The topological polar surface area (TPSA) is 57.7 Å². The highest BCUT2D eigenvalue weighted by Gasteiger charge is 2.52. The predicted molar refractivity (Wildman–Crippen MR) is 115 cm³/mol. The van der Waals surface area contributed by atoms with E-state index in [9.17, 15) is 14.4 Å². The molecular weight excluding hydrogens is 423 g/mol. The van der Waals surface area contributed by atoms with Gasteiger partial charge in [-0.15, -0.1) is 0 Å². The lowest BCUT2D eigenvalue weighted by molar-refractivity contribution is -0.155. The summed E-state index contributed by atoms with van der Waals surface area (Å²) in [7, 11) is 0. The molecule has 1 aliphatic carbocycles.